The Labute approximate surface area is 225 Å². The maximum atomic E-state index is 12.5. The molecule has 0 radical (unpaired) electrons. The van der Waals surface area contributed by atoms with Gasteiger partial charge in [-0.25, -0.2) is 9.59 Å². The first kappa shape index (κ1) is 28.8. The Morgan fingerprint density at radius 2 is 1.11 bits per heavy atom. The Kier molecular flexibility index (Phi) is 12.2. The molecule has 0 unspecified atom stereocenters. The van der Waals surface area contributed by atoms with E-state index in [1.54, 1.807) is 36.4 Å². The predicted molar refractivity (Wildman–Crippen MR) is 148 cm³/mol. The summed E-state index contributed by atoms with van der Waals surface area (Å²) in [6, 6.07) is 19.0. The number of phenolic OH excluding ortho intramolecular Hbond substituents is 1. The summed E-state index contributed by atoms with van der Waals surface area (Å²) in [5.74, 6) is 0.297. The lowest BCUT2D eigenvalue weighted by atomic mass is 10.1. The highest BCUT2D eigenvalue weighted by molar-refractivity contribution is 5.92. The van der Waals surface area contributed by atoms with E-state index in [9.17, 15) is 14.7 Å². The largest absolute Gasteiger partial charge is 0.508 e. The maximum absolute atomic E-state index is 12.5. The summed E-state index contributed by atoms with van der Waals surface area (Å²) in [5, 5.41) is 9.50. The minimum atomic E-state index is -0.605. The van der Waals surface area contributed by atoms with Crippen molar-refractivity contribution in [1.82, 2.24) is 0 Å². The molecular formula is C32H38O6. The van der Waals surface area contributed by atoms with Gasteiger partial charge in [0.15, 0.2) is 0 Å². The Hall–Kier alpha value is -3.80. The smallest absolute Gasteiger partial charge is 0.343 e. The van der Waals surface area contributed by atoms with Crippen molar-refractivity contribution < 1.29 is 28.9 Å². The number of carbonyl (C=O) groups is 2. The van der Waals surface area contributed by atoms with Crippen molar-refractivity contribution in [2.45, 2.75) is 71.1 Å². The summed E-state index contributed by atoms with van der Waals surface area (Å²) in [5.41, 5.74) is 0.549. The van der Waals surface area contributed by atoms with Gasteiger partial charge in [0.1, 0.15) is 23.0 Å². The third-order valence-electron chi connectivity index (χ3n) is 6.18. The Balaban J connectivity index is 1.33. The standard InChI is InChI=1S/C32H38O6/c1-2-3-4-5-6-7-8-9-10-11-23-36-28-19-21-30(22-20-28)37-31(34)25-15-17-29(18-16-25)38-32(35)26-13-12-14-27(33)24-26/h12-22,24,33H,2-11,23H2,1H3. The zero-order chi connectivity index (χ0) is 27.0. The number of hydrogen-bond donors (Lipinski definition) is 1. The van der Waals surface area contributed by atoms with Gasteiger partial charge in [0.2, 0.25) is 0 Å². The van der Waals surface area contributed by atoms with Crippen LogP contribution in [0.2, 0.25) is 0 Å². The van der Waals surface area contributed by atoms with E-state index < -0.39 is 11.9 Å². The van der Waals surface area contributed by atoms with Crippen LogP contribution in [0.15, 0.2) is 72.8 Å². The van der Waals surface area contributed by atoms with Crippen LogP contribution in [0.3, 0.4) is 0 Å². The quantitative estimate of drug-likeness (QED) is 0.117. The number of esters is 2. The molecule has 0 heterocycles. The first-order chi connectivity index (χ1) is 18.5. The van der Waals surface area contributed by atoms with Gasteiger partial charge in [-0.3, -0.25) is 0 Å². The second-order valence-electron chi connectivity index (χ2n) is 9.36. The number of benzene rings is 3. The maximum Gasteiger partial charge on any atom is 0.343 e. The fourth-order valence-electron chi connectivity index (χ4n) is 4.01. The monoisotopic (exact) mass is 518 g/mol. The topological polar surface area (TPSA) is 82.1 Å². The van der Waals surface area contributed by atoms with Gasteiger partial charge in [-0.05, 0) is 73.2 Å². The average Bonchev–Trinajstić information content (AvgIpc) is 2.93. The van der Waals surface area contributed by atoms with Crippen LogP contribution < -0.4 is 14.2 Å². The van der Waals surface area contributed by atoms with E-state index in [0.717, 1.165) is 12.2 Å². The number of aromatic hydroxyl groups is 1. The van der Waals surface area contributed by atoms with Crippen LogP contribution in [-0.2, 0) is 0 Å². The molecule has 0 saturated carbocycles. The van der Waals surface area contributed by atoms with E-state index in [4.69, 9.17) is 14.2 Å². The van der Waals surface area contributed by atoms with Gasteiger partial charge in [-0.1, -0.05) is 70.8 Å². The molecule has 0 aromatic heterocycles. The van der Waals surface area contributed by atoms with Crippen LogP contribution in [0.4, 0.5) is 0 Å². The molecule has 0 spiro atoms. The van der Waals surface area contributed by atoms with Crippen LogP contribution in [0.5, 0.6) is 23.0 Å². The normalized spacial score (nSPS) is 10.7. The van der Waals surface area contributed by atoms with Crippen molar-refractivity contribution in [3.8, 4) is 23.0 Å². The second kappa shape index (κ2) is 16.1. The van der Waals surface area contributed by atoms with Crippen molar-refractivity contribution in [3.63, 3.8) is 0 Å². The summed E-state index contributed by atoms with van der Waals surface area (Å²) in [4.78, 5) is 24.7. The molecule has 0 atom stereocenters. The molecule has 0 aliphatic heterocycles. The zero-order valence-electron chi connectivity index (χ0n) is 22.2. The van der Waals surface area contributed by atoms with Gasteiger partial charge in [-0.15, -0.1) is 0 Å². The van der Waals surface area contributed by atoms with E-state index in [1.807, 2.05) is 0 Å². The molecule has 202 valence electrons. The number of unbranched alkanes of at least 4 members (excludes halogenated alkanes) is 9. The molecule has 3 aromatic carbocycles. The molecule has 0 bridgehead atoms. The molecule has 0 fully saturated rings. The van der Waals surface area contributed by atoms with Crippen molar-refractivity contribution in [3.05, 3.63) is 83.9 Å². The number of phenols is 1. The summed E-state index contributed by atoms with van der Waals surface area (Å²) in [6.07, 6.45) is 12.9. The van der Waals surface area contributed by atoms with Crippen molar-refractivity contribution >= 4 is 11.9 Å². The first-order valence-electron chi connectivity index (χ1n) is 13.6. The van der Waals surface area contributed by atoms with Crippen LogP contribution in [0.1, 0.15) is 91.8 Å². The van der Waals surface area contributed by atoms with Crippen molar-refractivity contribution in [1.29, 1.82) is 0 Å². The predicted octanol–water partition coefficient (Wildman–Crippen LogP) is 8.13. The molecular weight excluding hydrogens is 480 g/mol. The van der Waals surface area contributed by atoms with Gasteiger partial charge in [0.25, 0.3) is 0 Å². The first-order valence-corrected chi connectivity index (χ1v) is 13.6. The van der Waals surface area contributed by atoms with Crippen LogP contribution in [0, 0.1) is 0 Å². The van der Waals surface area contributed by atoms with Gasteiger partial charge in [0.05, 0.1) is 17.7 Å². The van der Waals surface area contributed by atoms with Crippen molar-refractivity contribution in [2.24, 2.45) is 0 Å². The SMILES string of the molecule is CCCCCCCCCCCCOc1ccc(OC(=O)c2ccc(OC(=O)c3cccc(O)c3)cc2)cc1. The fraction of sp³-hybridized carbons (Fsp3) is 0.375. The number of carbonyl (C=O) groups excluding carboxylic acids is 2. The molecule has 3 aromatic rings. The van der Waals surface area contributed by atoms with E-state index >= 15 is 0 Å². The minimum Gasteiger partial charge on any atom is -0.508 e. The number of hydrogen-bond acceptors (Lipinski definition) is 6. The van der Waals surface area contributed by atoms with Crippen LogP contribution in [0.25, 0.3) is 0 Å². The van der Waals surface area contributed by atoms with Gasteiger partial charge in [0, 0.05) is 0 Å². The van der Waals surface area contributed by atoms with Crippen LogP contribution in [-0.4, -0.2) is 23.7 Å². The molecule has 0 aliphatic carbocycles. The summed E-state index contributed by atoms with van der Waals surface area (Å²) >= 11 is 0. The lowest BCUT2D eigenvalue weighted by molar-refractivity contribution is 0.0730. The summed E-state index contributed by atoms with van der Waals surface area (Å²) in [6.45, 7) is 2.93. The lowest BCUT2D eigenvalue weighted by Crippen LogP contribution is -2.10. The molecule has 6 heteroatoms. The molecule has 0 saturated heterocycles. The molecule has 1 N–H and O–H groups in total. The Morgan fingerprint density at radius 1 is 0.605 bits per heavy atom. The number of rotatable bonds is 16. The Bertz CT molecular complexity index is 1120. The van der Waals surface area contributed by atoms with Gasteiger partial charge in [-0.2, -0.15) is 0 Å². The molecule has 6 nitrogen and oxygen atoms in total. The third kappa shape index (κ3) is 10.3. The molecule has 38 heavy (non-hydrogen) atoms. The zero-order valence-corrected chi connectivity index (χ0v) is 22.2. The average molecular weight is 519 g/mol. The highest BCUT2D eigenvalue weighted by Gasteiger charge is 2.12. The highest BCUT2D eigenvalue weighted by Crippen LogP contribution is 2.21. The van der Waals surface area contributed by atoms with Gasteiger partial charge >= 0.3 is 11.9 Å². The summed E-state index contributed by atoms with van der Waals surface area (Å²) in [7, 11) is 0. The second-order valence-corrected chi connectivity index (χ2v) is 9.36. The Morgan fingerprint density at radius 3 is 1.68 bits per heavy atom. The highest BCUT2D eigenvalue weighted by atomic mass is 16.5. The molecule has 0 amide bonds. The number of ether oxygens (including phenoxy) is 3. The minimum absolute atomic E-state index is 0.0220. The van der Waals surface area contributed by atoms with Gasteiger partial charge < -0.3 is 19.3 Å². The van der Waals surface area contributed by atoms with E-state index in [1.165, 1.54) is 94.2 Å². The molecule has 0 aliphatic rings. The van der Waals surface area contributed by atoms with Crippen molar-refractivity contribution in [2.75, 3.05) is 6.61 Å². The fourth-order valence-corrected chi connectivity index (χ4v) is 4.01. The van der Waals surface area contributed by atoms with E-state index in [2.05, 4.69) is 6.92 Å². The lowest BCUT2D eigenvalue weighted by Gasteiger charge is -2.09. The van der Waals surface area contributed by atoms with Crippen LogP contribution >= 0.6 is 0 Å². The molecule has 3 rings (SSSR count). The van der Waals surface area contributed by atoms with E-state index in [0.29, 0.717) is 17.9 Å². The summed E-state index contributed by atoms with van der Waals surface area (Å²) < 4.78 is 16.5. The van der Waals surface area contributed by atoms with E-state index in [-0.39, 0.29) is 17.1 Å². The third-order valence-corrected chi connectivity index (χ3v) is 6.18.